The minimum Gasteiger partial charge on any atom is -0.491 e. The highest BCUT2D eigenvalue weighted by molar-refractivity contribution is 14.0. The molecule has 2 aromatic rings. The summed E-state index contributed by atoms with van der Waals surface area (Å²) >= 11 is 1.74. The highest BCUT2D eigenvalue weighted by atomic mass is 127. The lowest BCUT2D eigenvalue weighted by Gasteiger charge is -2.12. The van der Waals surface area contributed by atoms with Crippen LogP contribution in [-0.2, 0) is 19.4 Å². The van der Waals surface area contributed by atoms with Crippen LogP contribution in [0, 0.1) is 5.82 Å². The van der Waals surface area contributed by atoms with Crippen LogP contribution < -0.4 is 15.4 Å². The van der Waals surface area contributed by atoms with E-state index in [1.165, 1.54) is 10.9 Å². The molecule has 0 spiro atoms. The molecule has 0 saturated heterocycles. The fourth-order valence-corrected chi connectivity index (χ4v) is 3.11. The minimum absolute atomic E-state index is 0. The molecule has 0 bridgehead atoms. The molecule has 0 atom stereocenters. The monoisotopic (exact) mass is 492 g/mol. The second-order valence-corrected chi connectivity index (χ2v) is 6.57. The van der Waals surface area contributed by atoms with E-state index in [0.717, 1.165) is 30.0 Å². The molecule has 144 valence electrons. The van der Waals surface area contributed by atoms with Gasteiger partial charge in [-0.3, -0.25) is 4.99 Å². The number of nitrogens with zero attached hydrogens (tertiary/aromatic N) is 2. The largest absolute Gasteiger partial charge is 0.491 e. The third kappa shape index (κ3) is 7.06. The van der Waals surface area contributed by atoms with Crippen LogP contribution in [0.5, 0.6) is 5.75 Å². The van der Waals surface area contributed by atoms with Crippen LogP contribution in [0.1, 0.15) is 29.3 Å². The standard InChI is InChI=1S/C18H25FN4OS.HI/c1-4-14-12-22-17(25-14)8-9-21-18(20-3)23-11-13-6-7-16(24-5-2)15(19)10-13;/h6-7,10,12H,4-5,8-9,11H2,1-3H3,(H2,20,21,23);1H. The Morgan fingerprint density at radius 3 is 2.73 bits per heavy atom. The third-order valence-corrected chi connectivity index (χ3v) is 4.76. The number of hydrogen-bond donors (Lipinski definition) is 2. The number of nitrogens with one attached hydrogen (secondary N) is 2. The summed E-state index contributed by atoms with van der Waals surface area (Å²) in [6.07, 6.45) is 3.81. The molecule has 0 aliphatic heterocycles. The van der Waals surface area contributed by atoms with Gasteiger partial charge in [0, 0.05) is 37.6 Å². The van der Waals surface area contributed by atoms with Gasteiger partial charge in [0.25, 0.3) is 0 Å². The molecule has 8 heteroatoms. The Hall–Kier alpha value is -1.42. The second-order valence-electron chi connectivity index (χ2n) is 5.37. The number of aromatic nitrogens is 1. The summed E-state index contributed by atoms with van der Waals surface area (Å²) in [6.45, 7) is 5.64. The lowest BCUT2D eigenvalue weighted by Crippen LogP contribution is -2.37. The summed E-state index contributed by atoms with van der Waals surface area (Å²) in [5.41, 5.74) is 0.830. The topological polar surface area (TPSA) is 58.5 Å². The first-order valence-electron chi connectivity index (χ1n) is 8.45. The molecule has 5 nitrogen and oxygen atoms in total. The maximum Gasteiger partial charge on any atom is 0.191 e. The van der Waals surface area contributed by atoms with Crippen LogP contribution in [0.4, 0.5) is 4.39 Å². The third-order valence-electron chi connectivity index (χ3n) is 3.56. The predicted octanol–water partition coefficient (Wildman–Crippen LogP) is 3.77. The van der Waals surface area contributed by atoms with Crippen LogP contribution >= 0.6 is 35.3 Å². The molecule has 0 radical (unpaired) electrons. The van der Waals surface area contributed by atoms with Gasteiger partial charge in [-0.15, -0.1) is 35.3 Å². The van der Waals surface area contributed by atoms with E-state index < -0.39 is 0 Å². The van der Waals surface area contributed by atoms with E-state index >= 15 is 0 Å². The number of ether oxygens (including phenoxy) is 1. The van der Waals surface area contributed by atoms with Crippen LogP contribution in [0.15, 0.2) is 29.4 Å². The molecule has 26 heavy (non-hydrogen) atoms. The molecule has 0 aliphatic carbocycles. The Morgan fingerprint density at radius 1 is 1.31 bits per heavy atom. The Balaban J connectivity index is 0.00000338. The van der Waals surface area contributed by atoms with E-state index in [-0.39, 0.29) is 35.5 Å². The molecular formula is C18H26FIN4OS. The van der Waals surface area contributed by atoms with E-state index in [4.69, 9.17) is 4.74 Å². The Morgan fingerprint density at radius 2 is 2.12 bits per heavy atom. The first-order chi connectivity index (χ1) is 12.2. The average Bonchev–Trinajstić information content (AvgIpc) is 3.08. The van der Waals surface area contributed by atoms with Crippen LogP contribution in [0.25, 0.3) is 0 Å². The van der Waals surface area contributed by atoms with E-state index in [0.29, 0.717) is 19.1 Å². The molecule has 2 rings (SSSR count). The van der Waals surface area contributed by atoms with Gasteiger partial charge in [-0.2, -0.15) is 0 Å². The van der Waals surface area contributed by atoms with Gasteiger partial charge in [-0.1, -0.05) is 13.0 Å². The Bertz CT molecular complexity index is 708. The SMILES string of the molecule is CCOc1ccc(CNC(=NC)NCCc2ncc(CC)s2)cc1F.I. The number of halogens is 2. The zero-order valence-corrected chi connectivity index (χ0v) is 18.5. The molecule has 0 fully saturated rings. The molecule has 0 unspecified atom stereocenters. The van der Waals surface area contributed by atoms with Crippen molar-refractivity contribution in [3.05, 3.63) is 45.7 Å². The lowest BCUT2D eigenvalue weighted by atomic mass is 10.2. The Labute approximate surface area is 175 Å². The highest BCUT2D eigenvalue weighted by Gasteiger charge is 2.06. The number of aryl methyl sites for hydroxylation is 1. The number of benzene rings is 1. The van der Waals surface area contributed by atoms with Crippen molar-refractivity contribution < 1.29 is 9.13 Å². The average molecular weight is 492 g/mol. The molecule has 1 aromatic heterocycles. The van der Waals surface area contributed by atoms with Crippen molar-refractivity contribution in [2.24, 2.45) is 4.99 Å². The second kappa shape index (κ2) is 12.1. The maximum absolute atomic E-state index is 13.9. The minimum atomic E-state index is -0.348. The molecule has 0 amide bonds. The first-order valence-corrected chi connectivity index (χ1v) is 9.27. The molecule has 0 saturated carbocycles. The molecule has 1 aromatic carbocycles. The van der Waals surface area contributed by atoms with Gasteiger partial charge in [0.2, 0.25) is 0 Å². The number of aliphatic imine (C=N–C) groups is 1. The fraction of sp³-hybridized carbons (Fsp3) is 0.444. The van der Waals surface area contributed by atoms with Crippen molar-refractivity contribution >= 4 is 41.3 Å². The van der Waals surface area contributed by atoms with Gasteiger partial charge in [-0.05, 0) is 31.0 Å². The van der Waals surface area contributed by atoms with E-state index in [1.807, 2.05) is 19.2 Å². The van der Waals surface area contributed by atoms with Gasteiger partial charge < -0.3 is 15.4 Å². The number of guanidine groups is 1. The van der Waals surface area contributed by atoms with Gasteiger partial charge in [0.05, 0.1) is 11.6 Å². The maximum atomic E-state index is 13.9. The summed E-state index contributed by atoms with van der Waals surface area (Å²) in [7, 11) is 1.71. The predicted molar refractivity (Wildman–Crippen MR) is 116 cm³/mol. The summed E-state index contributed by atoms with van der Waals surface area (Å²) in [5.74, 6) is 0.616. The van der Waals surface area contributed by atoms with Crippen molar-refractivity contribution in [1.29, 1.82) is 0 Å². The Kier molecular flexibility index (Phi) is 10.5. The van der Waals surface area contributed by atoms with Crippen molar-refractivity contribution in [3.63, 3.8) is 0 Å². The number of hydrogen-bond acceptors (Lipinski definition) is 4. The lowest BCUT2D eigenvalue weighted by molar-refractivity contribution is 0.321. The van der Waals surface area contributed by atoms with Crippen LogP contribution in [-0.4, -0.2) is 31.1 Å². The van der Waals surface area contributed by atoms with Crippen molar-refractivity contribution in [2.75, 3.05) is 20.2 Å². The van der Waals surface area contributed by atoms with E-state index in [2.05, 4.69) is 27.5 Å². The van der Waals surface area contributed by atoms with E-state index in [1.54, 1.807) is 24.5 Å². The summed E-state index contributed by atoms with van der Waals surface area (Å²) in [5, 5.41) is 7.55. The summed E-state index contributed by atoms with van der Waals surface area (Å²) in [6, 6.07) is 4.98. The zero-order chi connectivity index (χ0) is 18.1. The fourth-order valence-electron chi connectivity index (χ4n) is 2.25. The van der Waals surface area contributed by atoms with Gasteiger partial charge in [0.1, 0.15) is 0 Å². The van der Waals surface area contributed by atoms with Gasteiger partial charge >= 0.3 is 0 Å². The van der Waals surface area contributed by atoms with Crippen molar-refractivity contribution in [2.45, 2.75) is 33.2 Å². The molecular weight excluding hydrogens is 466 g/mol. The molecule has 2 N–H and O–H groups in total. The number of rotatable bonds is 8. The highest BCUT2D eigenvalue weighted by Crippen LogP contribution is 2.18. The van der Waals surface area contributed by atoms with Crippen LogP contribution in [0.2, 0.25) is 0 Å². The zero-order valence-electron chi connectivity index (χ0n) is 15.3. The quantitative estimate of drug-likeness (QED) is 0.335. The van der Waals surface area contributed by atoms with Gasteiger partial charge in [0.15, 0.2) is 17.5 Å². The van der Waals surface area contributed by atoms with Gasteiger partial charge in [-0.25, -0.2) is 9.37 Å². The first kappa shape index (κ1) is 22.6. The molecule has 1 heterocycles. The summed E-state index contributed by atoms with van der Waals surface area (Å²) in [4.78, 5) is 9.89. The molecule has 0 aliphatic rings. The summed E-state index contributed by atoms with van der Waals surface area (Å²) < 4.78 is 19.1. The van der Waals surface area contributed by atoms with Crippen molar-refractivity contribution in [1.82, 2.24) is 15.6 Å². The van der Waals surface area contributed by atoms with Crippen LogP contribution in [0.3, 0.4) is 0 Å². The normalized spacial score (nSPS) is 11.0. The smallest absolute Gasteiger partial charge is 0.191 e. The van der Waals surface area contributed by atoms with E-state index in [9.17, 15) is 4.39 Å². The van der Waals surface area contributed by atoms with Crippen molar-refractivity contribution in [3.8, 4) is 5.75 Å². The number of thiazole rings is 1.